The fourth-order valence-corrected chi connectivity index (χ4v) is 5.46. The van der Waals surface area contributed by atoms with E-state index in [1.54, 1.807) is 28.4 Å². The Morgan fingerprint density at radius 3 is 2.73 bits per heavy atom. The number of nitrogens with zero attached hydrogens (tertiary/aromatic N) is 5. The third-order valence-corrected chi connectivity index (χ3v) is 7.14. The maximum Gasteiger partial charge on any atom is 0.232 e. The first-order valence-electron chi connectivity index (χ1n) is 10.5. The molecule has 1 fully saturated rings. The number of aryl methyl sites for hydroxylation is 1. The van der Waals surface area contributed by atoms with Gasteiger partial charge in [-0.2, -0.15) is 10.1 Å². The summed E-state index contributed by atoms with van der Waals surface area (Å²) in [5, 5.41) is 10.6. The van der Waals surface area contributed by atoms with Crippen molar-refractivity contribution >= 4 is 44.7 Å². The number of rotatable bonds is 4. The molecule has 0 bridgehead atoms. The Morgan fingerprint density at radius 2 is 1.91 bits per heavy atom. The average molecular weight is 476 g/mol. The smallest absolute Gasteiger partial charge is 0.232 e. The van der Waals surface area contributed by atoms with Crippen LogP contribution in [0.25, 0.3) is 26.6 Å². The summed E-state index contributed by atoms with van der Waals surface area (Å²) in [6.45, 7) is 2.48. The van der Waals surface area contributed by atoms with E-state index >= 15 is 0 Å². The summed E-state index contributed by atoms with van der Waals surface area (Å²) in [5.41, 5.74) is 2.72. The Hall–Kier alpha value is -3.49. The first kappa shape index (κ1) is 20.1. The van der Waals surface area contributed by atoms with Crippen LogP contribution in [0.1, 0.15) is 23.9 Å². The van der Waals surface area contributed by atoms with Crippen molar-refractivity contribution < 1.29 is 9.32 Å². The molecule has 1 unspecified atom stereocenters. The molecule has 3 aromatic heterocycles. The lowest BCUT2D eigenvalue weighted by Crippen LogP contribution is -2.24. The number of para-hydroxylation sites is 1. The van der Waals surface area contributed by atoms with Gasteiger partial charge in [0, 0.05) is 29.1 Å². The third kappa shape index (κ3) is 3.51. The number of hydrogen-bond acceptors (Lipinski definition) is 6. The van der Waals surface area contributed by atoms with E-state index in [1.807, 2.05) is 54.1 Å². The van der Waals surface area contributed by atoms with Crippen molar-refractivity contribution in [3.63, 3.8) is 0 Å². The van der Waals surface area contributed by atoms with Crippen molar-refractivity contribution in [2.75, 3.05) is 11.4 Å². The zero-order valence-corrected chi connectivity index (χ0v) is 19.2. The summed E-state index contributed by atoms with van der Waals surface area (Å²) < 4.78 is 7.54. The van der Waals surface area contributed by atoms with E-state index in [0.717, 1.165) is 32.2 Å². The zero-order valence-electron chi connectivity index (χ0n) is 17.6. The summed E-state index contributed by atoms with van der Waals surface area (Å²) in [5.74, 6) is 0.858. The molecule has 2 aromatic carbocycles. The number of fused-ring (bicyclic) bond motifs is 1. The molecule has 1 atom stereocenters. The molecule has 1 aliphatic heterocycles. The van der Waals surface area contributed by atoms with Crippen molar-refractivity contribution in [3.05, 3.63) is 77.3 Å². The second-order valence-corrected chi connectivity index (χ2v) is 9.47. The van der Waals surface area contributed by atoms with E-state index in [2.05, 4.69) is 21.3 Å². The van der Waals surface area contributed by atoms with Gasteiger partial charge in [0.05, 0.1) is 22.2 Å². The van der Waals surface area contributed by atoms with E-state index in [1.165, 1.54) is 0 Å². The number of aromatic nitrogens is 4. The number of halogens is 1. The number of benzene rings is 2. The van der Waals surface area contributed by atoms with Gasteiger partial charge in [0.2, 0.25) is 17.6 Å². The van der Waals surface area contributed by atoms with Crippen LogP contribution in [0.15, 0.2) is 65.2 Å². The topological polar surface area (TPSA) is 77.0 Å². The van der Waals surface area contributed by atoms with Crippen LogP contribution in [0, 0.1) is 6.92 Å². The number of carbonyl (C=O) groups excluding carboxylic acids is 1. The number of hydrogen-bond donors (Lipinski definition) is 0. The minimum atomic E-state index is -0.159. The molecule has 1 aliphatic rings. The first-order valence-corrected chi connectivity index (χ1v) is 11.7. The summed E-state index contributed by atoms with van der Waals surface area (Å²) >= 11 is 7.67. The molecule has 7 nitrogen and oxygen atoms in total. The lowest BCUT2D eigenvalue weighted by Gasteiger charge is -2.16. The van der Waals surface area contributed by atoms with Crippen LogP contribution in [-0.2, 0) is 4.79 Å². The molecule has 5 aromatic rings. The molecule has 1 saturated heterocycles. The first-order chi connectivity index (χ1) is 16.1. The number of anilines is 1. The standard InChI is InChI=1S/C24H18ClN5O2S/c1-14-19-12-20(33-24(19)30(27-14)17-7-3-2-4-8-17)22-26-23(32-28-22)15-10-21(31)29(13-15)18-9-5-6-16(25)11-18/h2-9,11-12,15H,10,13H2,1H3. The molecule has 0 N–H and O–H groups in total. The Bertz CT molecular complexity index is 1490. The molecule has 1 amide bonds. The molecule has 33 heavy (non-hydrogen) atoms. The fraction of sp³-hybridized carbons (Fsp3) is 0.167. The summed E-state index contributed by atoms with van der Waals surface area (Å²) in [6, 6.07) is 19.4. The maximum absolute atomic E-state index is 12.6. The summed E-state index contributed by atoms with van der Waals surface area (Å²) in [7, 11) is 0. The van der Waals surface area contributed by atoms with Gasteiger partial charge in [-0.1, -0.05) is 41.0 Å². The lowest BCUT2D eigenvalue weighted by atomic mass is 10.1. The summed E-state index contributed by atoms with van der Waals surface area (Å²) in [6.07, 6.45) is 0.322. The minimum Gasteiger partial charge on any atom is -0.339 e. The monoisotopic (exact) mass is 475 g/mol. The molecule has 0 aliphatic carbocycles. The zero-order chi connectivity index (χ0) is 22.5. The number of amides is 1. The van der Waals surface area contributed by atoms with Crippen molar-refractivity contribution in [2.24, 2.45) is 0 Å². The van der Waals surface area contributed by atoms with Crippen LogP contribution in [0.4, 0.5) is 5.69 Å². The molecule has 164 valence electrons. The second kappa shape index (κ2) is 7.83. The Labute approximate surface area is 198 Å². The van der Waals surface area contributed by atoms with Gasteiger partial charge in [-0.3, -0.25) is 4.79 Å². The second-order valence-electron chi connectivity index (χ2n) is 8.00. The van der Waals surface area contributed by atoms with Gasteiger partial charge in [0.1, 0.15) is 4.83 Å². The van der Waals surface area contributed by atoms with Gasteiger partial charge >= 0.3 is 0 Å². The van der Waals surface area contributed by atoms with Gasteiger partial charge in [-0.15, -0.1) is 11.3 Å². The molecular weight excluding hydrogens is 458 g/mol. The highest BCUT2D eigenvalue weighted by atomic mass is 35.5. The van der Waals surface area contributed by atoms with Crippen LogP contribution in [0.5, 0.6) is 0 Å². The highest BCUT2D eigenvalue weighted by Gasteiger charge is 2.35. The number of thiophene rings is 1. The van der Waals surface area contributed by atoms with Gasteiger partial charge in [-0.05, 0) is 43.3 Å². The SMILES string of the molecule is Cc1nn(-c2ccccc2)c2sc(-c3noc(C4CC(=O)N(c5cccc(Cl)c5)C4)n3)cc12. The van der Waals surface area contributed by atoms with E-state index in [9.17, 15) is 4.79 Å². The van der Waals surface area contributed by atoms with E-state index in [-0.39, 0.29) is 11.8 Å². The predicted octanol–water partition coefficient (Wildman–Crippen LogP) is 5.62. The Balaban J connectivity index is 1.29. The molecule has 9 heteroatoms. The highest BCUT2D eigenvalue weighted by Crippen LogP contribution is 2.37. The lowest BCUT2D eigenvalue weighted by molar-refractivity contribution is -0.117. The quantitative estimate of drug-likeness (QED) is 0.337. The summed E-state index contributed by atoms with van der Waals surface area (Å²) in [4.78, 5) is 20.9. The Kier molecular flexibility index (Phi) is 4.78. The third-order valence-electron chi connectivity index (χ3n) is 5.80. The Morgan fingerprint density at radius 1 is 1.09 bits per heavy atom. The van der Waals surface area contributed by atoms with Crippen LogP contribution < -0.4 is 4.90 Å². The van der Waals surface area contributed by atoms with Gasteiger partial charge in [0.15, 0.2) is 0 Å². The molecule has 0 spiro atoms. The molecule has 4 heterocycles. The molecule has 0 saturated carbocycles. The van der Waals surface area contributed by atoms with Crippen LogP contribution >= 0.6 is 22.9 Å². The molecule has 0 radical (unpaired) electrons. The van der Waals surface area contributed by atoms with Crippen molar-refractivity contribution in [1.29, 1.82) is 0 Å². The predicted molar refractivity (Wildman–Crippen MR) is 128 cm³/mol. The van der Waals surface area contributed by atoms with Crippen LogP contribution in [-0.4, -0.2) is 32.4 Å². The van der Waals surface area contributed by atoms with Gasteiger partial charge in [0.25, 0.3) is 0 Å². The largest absolute Gasteiger partial charge is 0.339 e. The van der Waals surface area contributed by atoms with Crippen molar-refractivity contribution in [3.8, 4) is 16.4 Å². The van der Waals surface area contributed by atoms with E-state index in [0.29, 0.717) is 29.7 Å². The fourth-order valence-electron chi connectivity index (χ4n) is 4.17. The van der Waals surface area contributed by atoms with Gasteiger partial charge < -0.3 is 9.42 Å². The maximum atomic E-state index is 12.6. The van der Waals surface area contributed by atoms with Crippen molar-refractivity contribution in [2.45, 2.75) is 19.3 Å². The van der Waals surface area contributed by atoms with E-state index < -0.39 is 0 Å². The van der Waals surface area contributed by atoms with E-state index in [4.69, 9.17) is 16.1 Å². The number of carbonyl (C=O) groups is 1. The minimum absolute atomic E-state index is 0.0162. The molecule has 6 rings (SSSR count). The van der Waals surface area contributed by atoms with Crippen LogP contribution in [0.3, 0.4) is 0 Å². The highest BCUT2D eigenvalue weighted by molar-refractivity contribution is 7.21. The molecular formula is C24H18ClN5O2S. The van der Waals surface area contributed by atoms with Crippen LogP contribution in [0.2, 0.25) is 5.02 Å². The van der Waals surface area contributed by atoms with Gasteiger partial charge in [-0.25, -0.2) is 4.68 Å². The average Bonchev–Trinajstić information content (AvgIpc) is 3.58. The normalized spacial score (nSPS) is 16.2. The van der Waals surface area contributed by atoms with Crippen molar-refractivity contribution in [1.82, 2.24) is 19.9 Å².